The first-order valence-electron chi connectivity index (χ1n) is 7.40. The quantitative estimate of drug-likeness (QED) is 0.901. The van der Waals surface area contributed by atoms with Gasteiger partial charge in [0.05, 0.1) is 0 Å². The molecule has 1 N–H and O–H groups in total. The Balaban J connectivity index is 1.60. The number of hydrogen-bond donors (Lipinski definition) is 1. The minimum Gasteiger partial charge on any atom is -0.382 e. The van der Waals surface area contributed by atoms with Gasteiger partial charge in [-0.25, -0.2) is 0 Å². The van der Waals surface area contributed by atoms with Gasteiger partial charge in [-0.3, -0.25) is 4.98 Å². The molecule has 2 aromatic rings. The molecule has 0 aliphatic carbocycles. The molecule has 0 bridgehead atoms. The highest BCUT2D eigenvalue weighted by Gasteiger charge is 2.19. The Hall–Kier alpha value is -1.55. The van der Waals surface area contributed by atoms with Crippen LogP contribution in [0.3, 0.4) is 0 Å². The van der Waals surface area contributed by atoms with Crippen molar-refractivity contribution in [3.63, 3.8) is 0 Å². The fourth-order valence-electron chi connectivity index (χ4n) is 2.82. The largest absolute Gasteiger partial charge is 0.382 e. The van der Waals surface area contributed by atoms with E-state index in [2.05, 4.69) is 68.4 Å². The summed E-state index contributed by atoms with van der Waals surface area (Å²) >= 11 is 3.60. The summed E-state index contributed by atoms with van der Waals surface area (Å²) in [5.74, 6) is 0. The molecule has 1 aromatic heterocycles. The molecule has 0 radical (unpaired) electrons. The van der Waals surface area contributed by atoms with Gasteiger partial charge in [0.1, 0.15) is 0 Å². The molecule has 3 nitrogen and oxygen atoms in total. The molecule has 0 atom stereocenters. The van der Waals surface area contributed by atoms with Gasteiger partial charge in [-0.15, -0.1) is 0 Å². The van der Waals surface area contributed by atoms with Gasteiger partial charge in [0.25, 0.3) is 0 Å². The predicted molar refractivity (Wildman–Crippen MR) is 92.0 cm³/mol. The third-order valence-corrected chi connectivity index (χ3v) is 5.01. The fourth-order valence-corrected chi connectivity index (χ4v) is 3.19. The topological polar surface area (TPSA) is 28.2 Å². The van der Waals surface area contributed by atoms with Gasteiger partial charge in [0, 0.05) is 47.4 Å². The summed E-state index contributed by atoms with van der Waals surface area (Å²) in [4.78, 5) is 6.52. The number of piperidine rings is 1. The van der Waals surface area contributed by atoms with E-state index in [4.69, 9.17) is 0 Å². The third-order valence-electron chi connectivity index (χ3n) is 4.15. The number of hydrogen-bond acceptors (Lipinski definition) is 3. The van der Waals surface area contributed by atoms with E-state index in [1.807, 2.05) is 12.4 Å². The molecule has 3 rings (SSSR count). The Bertz CT molecular complexity index is 592. The van der Waals surface area contributed by atoms with Gasteiger partial charge in [-0.2, -0.15) is 0 Å². The lowest BCUT2D eigenvalue weighted by molar-refractivity contribution is 0.526. The minimum absolute atomic E-state index is 0.552. The lowest BCUT2D eigenvalue weighted by Gasteiger charge is -2.34. The average Bonchev–Trinajstić information content (AvgIpc) is 2.53. The van der Waals surface area contributed by atoms with E-state index >= 15 is 0 Å². The fraction of sp³-hybridized carbons (Fsp3) is 0.353. The molecule has 1 aliphatic rings. The molecule has 0 unspecified atom stereocenters. The van der Waals surface area contributed by atoms with Crippen molar-refractivity contribution >= 4 is 27.3 Å². The Morgan fingerprint density at radius 1 is 1.14 bits per heavy atom. The third kappa shape index (κ3) is 3.38. The Morgan fingerprint density at radius 3 is 2.57 bits per heavy atom. The SMILES string of the molecule is Cc1c(Br)cccc1NC1CCN(c2ccncc2)CC1. The summed E-state index contributed by atoms with van der Waals surface area (Å²) in [7, 11) is 0. The smallest absolute Gasteiger partial charge is 0.0397 e. The second-order valence-corrected chi connectivity index (χ2v) is 6.38. The maximum Gasteiger partial charge on any atom is 0.0397 e. The van der Waals surface area contributed by atoms with Crippen LogP contribution in [0.4, 0.5) is 11.4 Å². The van der Waals surface area contributed by atoms with Crippen molar-refractivity contribution < 1.29 is 0 Å². The molecular weight excluding hydrogens is 326 g/mol. The molecule has 110 valence electrons. The predicted octanol–water partition coefficient (Wildman–Crippen LogP) is 4.23. The highest BCUT2D eigenvalue weighted by molar-refractivity contribution is 9.10. The second kappa shape index (κ2) is 6.48. The van der Waals surface area contributed by atoms with Crippen LogP contribution in [0, 0.1) is 6.92 Å². The highest BCUT2D eigenvalue weighted by Crippen LogP contribution is 2.26. The lowest BCUT2D eigenvalue weighted by Crippen LogP contribution is -2.39. The molecule has 4 heteroatoms. The maximum absolute atomic E-state index is 4.09. The summed E-state index contributed by atoms with van der Waals surface area (Å²) in [6, 6.07) is 11.1. The van der Waals surface area contributed by atoms with Crippen LogP contribution in [0.5, 0.6) is 0 Å². The summed E-state index contributed by atoms with van der Waals surface area (Å²) in [6.45, 7) is 4.34. The zero-order chi connectivity index (χ0) is 14.7. The molecule has 1 fully saturated rings. The number of aromatic nitrogens is 1. The van der Waals surface area contributed by atoms with E-state index in [0.29, 0.717) is 6.04 Å². The molecule has 2 heterocycles. The maximum atomic E-state index is 4.09. The lowest BCUT2D eigenvalue weighted by atomic mass is 10.0. The average molecular weight is 346 g/mol. The molecule has 0 amide bonds. The van der Waals surface area contributed by atoms with Crippen LogP contribution in [0.15, 0.2) is 47.2 Å². The van der Waals surface area contributed by atoms with Gasteiger partial charge in [-0.1, -0.05) is 22.0 Å². The first-order valence-corrected chi connectivity index (χ1v) is 8.20. The van der Waals surface area contributed by atoms with Crippen LogP contribution >= 0.6 is 15.9 Å². The van der Waals surface area contributed by atoms with Crippen LogP contribution in [0.2, 0.25) is 0 Å². The van der Waals surface area contributed by atoms with Crippen LogP contribution in [-0.4, -0.2) is 24.1 Å². The van der Waals surface area contributed by atoms with Crippen LogP contribution in [-0.2, 0) is 0 Å². The van der Waals surface area contributed by atoms with Crippen molar-refractivity contribution in [2.45, 2.75) is 25.8 Å². The van der Waals surface area contributed by atoms with E-state index in [1.165, 1.54) is 21.4 Å². The summed E-state index contributed by atoms with van der Waals surface area (Å²) in [5.41, 5.74) is 3.81. The van der Waals surface area contributed by atoms with Crippen LogP contribution in [0.25, 0.3) is 0 Å². The van der Waals surface area contributed by atoms with E-state index in [-0.39, 0.29) is 0 Å². The van der Waals surface area contributed by atoms with Crippen molar-refractivity contribution in [1.82, 2.24) is 4.98 Å². The number of halogens is 1. The highest BCUT2D eigenvalue weighted by atomic mass is 79.9. The zero-order valence-electron chi connectivity index (χ0n) is 12.2. The van der Waals surface area contributed by atoms with Crippen molar-refractivity contribution in [2.75, 3.05) is 23.3 Å². The molecular formula is C17H20BrN3. The zero-order valence-corrected chi connectivity index (χ0v) is 13.8. The first kappa shape index (κ1) is 14.4. The molecule has 1 saturated heterocycles. The normalized spacial score (nSPS) is 16.0. The van der Waals surface area contributed by atoms with E-state index in [1.54, 1.807) is 0 Å². The van der Waals surface area contributed by atoms with E-state index < -0.39 is 0 Å². The van der Waals surface area contributed by atoms with E-state index in [9.17, 15) is 0 Å². The number of nitrogens with zero attached hydrogens (tertiary/aromatic N) is 2. The standard InChI is InChI=1S/C17H20BrN3/c1-13-16(18)3-2-4-17(13)20-14-7-11-21(12-8-14)15-5-9-19-10-6-15/h2-6,9-10,14,20H,7-8,11-12H2,1H3. The van der Waals surface area contributed by atoms with Crippen LogP contribution < -0.4 is 10.2 Å². The monoisotopic (exact) mass is 345 g/mol. The molecule has 1 aliphatic heterocycles. The van der Waals surface area contributed by atoms with Crippen molar-refractivity contribution in [3.8, 4) is 0 Å². The number of pyridine rings is 1. The second-order valence-electron chi connectivity index (χ2n) is 5.52. The number of nitrogens with one attached hydrogen (secondary N) is 1. The van der Waals surface area contributed by atoms with Crippen LogP contribution in [0.1, 0.15) is 18.4 Å². The summed E-state index contributed by atoms with van der Waals surface area (Å²) < 4.78 is 1.17. The van der Waals surface area contributed by atoms with E-state index in [0.717, 1.165) is 25.9 Å². The van der Waals surface area contributed by atoms with Crippen molar-refractivity contribution in [3.05, 3.63) is 52.8 Å². The Labute approximate surface area is 134 Å². The number of benzene rings is 1. The molecule has 1 aromatic carbocycles. The van der Waals surface area contributed by atoms with Gasteiger partial charge in [0.2, 0.25) is 0 Å². The van der Waals surface area contributed by atoms with Gasteiger partial charge < -0.3 is 10.2 Å². The van der Waals surface area contributed by atoms with Gasteiger partial charge in [0.15, 0.2) is 0 Å². The number of rotatable bonds is 3. The molecule has 21 heavy (non-hydrogen) atoms. The number of anilines is 2. The summed E-state index contributed by atoms with van der Waals surface area (Å²) in [5, 5.41) is 3.69. The Kier molecular flexibility index (Phi) is 4.44. The molecule has 0 spiro atoms. The van der Waals surface area contributed by atoms with Crippen molar-refractivity contribution in [2.24, 2.45) is 0 Å². The summed E-state index contributed by atoms with van der Waals surface area (Å²) in [6.07, 6.45) is 6.05. The molecule has 0 saturated carbocycles. The Morgan fingerprint density at radius 2 is 1.86 bits per heavy atom. The first-order chi connectivity index (χ1) is 10.2. The van der Waals surface area contributed by atoms with Gasteiger partial charge in [-0.05, 0) is 49.6 Å². The minimum atomic E-state index is 0.552. The van der Waals surface area contributed by atoms with Crippen molar-refractivity contribution in [1.29, 1.82) is 0 Å². The van der Waals surface area contributed by atoms with Gasteiger partial charge >= 0.3 is 0 Å².